The lowest BCUT2D eigenvalue weighted by molar-refractivity contribution is 0.439. The summed E-state index contributed by atoms with van der Waals surface area (Å²) in [5, 5.41) is 16.2. The first kappa shape index (κ1) is 11.7. The molecule has 96 valence electrons. The summed E-state index contributed by atoms with van der Waals surface area (Å²) in [6, 6.07) is 0.260. The Kier molecular flexibility index (Phi) is 3.09. The van der Waals surface area contributed by atoms with Gasteiger partial charge in [0.1, 0.15) is 10.7 Å². The molecular formula is C11H16N6S. The molecule has 7 heteroatoms. The third-order valence-corrected chi connectivity index (χ3v) is 3.96. The van der Waals surface area contributed by atoms with Crippen molar-refractivity contribution in [3.63, 3.8) is 0 Å². The quantitative estimate of drug-likeness (QED) is 0.908. The van der Waals surface area contributed by atoms with Crippen molar-refractivity contribution in [2.45, 2.75) is 39.3 Å². The van der Waals surface area contributed by atoms with Crippen LogP contribution in [0.1, 0.15) is 37.8 Å². The Morgan fingerprint density at radius 3 is 3.11 bits per heavy atom. The number of fused-ring (bicyclic) bond motifs is 1. The fraction of sp³-hybridized carbons (Fsp3) is 0.636. The van der Waals surface area contributed by atoms with Crippen LogP contribution < -0.4 is 5.32 Å². The molecule has 2 aromatic rings. The molecule has 6 nitrogen and oxygen atoms in total. The van der Waals surface area contributed by atoms with E-state index in [0.717, 1.165) is 48.2 Å². The Morgan fingerprint density at radius 1 is 1.39 bits per heavy atom. The van der Waals surface area contributed by atoms with Crippen molar-refractivity contribution in [2.24, 2.45) is 0 Å². The van der Waals surface area contributed by atoms with Crippen molar-refractivity contribution in [3.8, 4) is 10.7 Å². The molecule has 0 saturated heterocycles. The molecule has 0 amide bonds. The minimum atomic E-state index is 0.260. The molecule has 0 aromatic carbocycles. The molecule has 0 fully saturated rings. The molecule has 0 bridgehead atoms. The molecule has 2 aromatic heterocycles. The molecule has 1 unspecified atom stereocenters. The molecule has 18 heavy (non-hydrogen) atoms. The van der Waals surface area contributed by atoms with Gasteiger partial charge in [0.25, 0.3) is 0 Å². The van der Waals surface area contributed by atoms with E-state index in [0.29, 0.717) is 0 Å². The maximum atomic E-state index is 4.34. The van der Waals surface area contributed by atoms with Gasteiger partial charge in [-0.3, -0.25) is 0 Å². The second-order valence-corrected chi connectivity index (χ2v) is 5.26. The van der Waals surface area contributed by atoms with Crippen molar-refractivity contribution in [1.29, 1.82) is 0 Å². The van der Waals surface area contributed by atoms with E-state index in [2.05, 4.69) is 43.5 Å². The van der Waals surface area contributed by atoms with Crippen LogP contribution in [-0.4, -0.2) is 30.9 Å². The van der Waals surface area contributed by atoms with Crippen LogP contribution in [0, 0.1) is 0 Å². The third kappa shape index (κ3) is 1.83. The van der Waals surface area contributed by atoms with E-state index in [1.807, 2.05) is 0 Å². The second kappa shape index (κ2) is 4.74. The molecule has 1 aliphatic rings. The standard InChI is InChI=1S/C11H16N6S/c1-3-4-8-9(18-16-13-8)11-15-14-10-7(2)12-5-6-17(10)11/h7,12H,3-6H2,1-2H3. The SMILES string of the molecule is CCCc1nnsc1-c1nnc2n1CCNC2C. The average Bonchev–Trinajstić information content (AvgIpc) is 2.96. The summed E-state index contributed by atoms with van der Waals surface area (Å²) in [5.41, 5.74) is 1.05. The average molecular weight is 264 g/mol. The van der Waals surface area contributed by atoms with Gasteiger partial charge < -0.3 is 9.88 Å². The van der Waals surface area contributed by atoms with E-state index in [4.69, 9.17) is 0 Å². The zero-order chi connectivity index (χ0) is 12.5. The largest absolute Gasteiger partial charge is 0.308 e. The molecule has 0 aliphatic carbocycles. The van der Waals surface area contributed by atoms with Crippen molar-refractivity contribution in [1.82, 2.24) is 29.7 Å². The fourth-order valence-electron chi connectivity index (χ4n) is 2.29. The van der Waals surface area contributed by atoms with Crippen molar-refractivity contribution >= 4 is 11.5 Å². The Morgan fingerprint density at radius 2 is 2.28 bits per heavy atom. The van der Waals surface area contributed by atoms with E-state index in [1.54, 1.807) is 0 Å². The van der Waals surface area contributed by atoms with Gasteiger partial charge in [0.15, 0.2) is 5.82 Å². The molecule has 1 N–H and O–H groups in total. The highest BCUT2D eigenvalue weighted by Gasteiger charge is 2.24. The molecule has 3 rings (SSSR count). The molecule has 0 saturated carbocycles. The van der Waals surface area contributed by atoms with Gasteiger partial charge in [-0.1, -0.05) is 17.8 Å². The van der Waals surface area contributed by atoms with Crippen LogP contribution >= 0.6 is 11.5 Å². The van der Waals surface area contributed by atoms with Crippen LogP contribution in [0.4, 0.5) is 0 Å². The maximum Gasteiger partial charge on any atom is 0.177 e. The maximum absolute atomic E-state index is 4.34. The molecule has 0 spiro atoms. The first-order chi connectivity index (χ1) is 8.81. The Hall–Kier alpha value is -1.34. The van der Waals surface area contributed by atoms with Crippen molar-refractivity contribution < 1.29 is 0 Å². The van der Waals surface area contributed by atoms with Gasteiger partial charge in [0.2, 0.25) is 0 Å². The van der Waals surface area contributed by atoms with Crippen LogP contribution in [-0.2, 0) is 13.0 Å². The third-order valence-electron chi connectivity index (χ3n) is 3.20. The minimum absolute atomic E-state index is 0.260. The Bertz CT molecular complexity index is 545. The normalized spacial score (nSPS) is 18.9. The zero-order valence-corrected chi connectivity index (χ0v) is 11.4. The van der Waals surface area contributed by atoms with Gasteiger partial charge in [0.05, 0.1) is 11.7 Å². The van der Waals surface area contributed by atoms with Gasteiger partial charge in [-0.05, 0) is 24.9 Å². The predicted molar refractivity (Wildman–Crippen MR) is 69.3 cm³/mol. The summed E-state index contributed by atoms with van der Waals surface area (Å²) >= 11 is 1.42. The zero-order valence-electron chi connectivity index (χ0n) is 10.6. The molecule has 1 atom stereocenters. The number of nitrogens with zero attached hydrogens (tertiary/aromatic N) is 5. The second-order valence-electron chi connectivity index (χ2n) is 4.51. The van der Waals surface area contributed by atoms with Crippen LogP contribution in [0.5, 0.6) is 0 Å². The minimum Gasteiger partial charge on any atom is -0.308 e. The number of aryl methyl sites for hydroxylation is 1. The van der Waals surface area contributed by atoms with Crippen LogP contribution in [0.3, 0.4) is 0 Å². The number of hydrogen-bond acceptors (Lipinski definition) is 6. The number of rotatable bonds is 3. The van der Waals surface area contributed by atoms with Crippen LogP contribution in [0.2, 0.25) is 0 Å². The smallest absolute Gasteiger partial charge is 0.177 e. The number of hydrogen-bond donors (Lipinski definition) is 1. The fourth-order valence-corrected chi connectivity index (χ4v) is 2.99. The number of nitrogens with one attached hydrogen (secondary N) is 1. The first-order valence-corrected chi connectivity index (χ1v) is 7.06. The van der Waals surface area contributed by atoms with Crippen LogP contribution in [0.15, 0.2) is 0 Å². The van der Waals surface area contributed by atoms with E-state index >= 15 is 0 Å². The first-order valence-electron chi connectivity index (χ1n) is 6.29. The van der Waals surface area contributed by atoms with Crippen LogP contribution in [0.25, 0.3) is 10.7 Å². The highest BCUT2D eigenvalue weighted by molar-refractivity contribution is 7.09. The van der Waals surface area contributed by atoms with Gasteiger partial charge >= 0.3 is 0 Å². The van der Waals surface area contributed by atoms with Gasteiger partial charge in [0, 0.05) is 13.1 Å². The highest BCUT2D eigenvalue weighted by Crippen LogP contribution is 2.28. The Labute approximate surface area is 110 Å². The van der Waals surface area contributed by atoms with E-state index in [1.165, 1.54) is 11.5 Å². The molecule has 1 aliphatic heterocycles. The topological polar surface area (TPSA) is 68.5 Å². The van der Waals surface area contributed by atoms with Crippen molar-refractivity contribution in [3.05, 3.63) is 11.5 Å². The highest BCUT2D eigenvalue weighted by atomic mass is 32.1. The van der Waals surface area contributed by atoms with E-state index in [-0.39, 0.29) is 6.04 Å². The lowest BCUT2D eigenvalue weighted by atomic mass is 10.2. The summed E-state index contributed by atoms with van der Waals surface area (Å²) in [7, 11) is 0. The van der Waals surface area contributed by atoms with E-state index in [9.17, 15) is 0 Å². The lowest BCUT2D eigenvalue weighted by Crippen LogP contribution is -2.32. The van der Waals surface area contributed by atoms with Gasteiger partial charge in [-0.25, -0.2) is 0 Å². The summed E-state index contributed by atoms with van der Waals surface area (Å²) in [4.78, 5) is 1.07. The van der Waals surface area contributed by atoms with E-state index < -0.39 is 0 Å². The Balaban J connectivity index is 2.04. The summed E-state index contributed by atoms with van der Waals surface area (Å²) in [5.74, 6) is 1.93. The molecular weight excluding hydrogens is 248 g/mol. The molecule has 3 heterocycles. The van der Waals surface area contributed by atoms with Crippen molar-refractivity contribution in [2.75, 3.05) is 6.54 Å². The summed E-state index contributed by atoms with van der Waals surface area (Å²) < 4.78 is 6.25. The van der Waals surface area contributed by atoms with Gasteiger partial charge in [-0.15, -0.1) is 15.3 Å². The summed E-state index contributed by atoms with van der Waals surface area (Å²) in [6.07, 6.45) is 2.01. The monoisotopic (exact) mass is 264 g/mol. The molecule has 0 radical (unpaired) electrons. The van der Waals surface area contributed by atoms with Gasteiger partial charge in [-0.2, -0.15) is 0 Å². The number of aromatic nitrogens is 5. The summed E-state index contributed by atoms with van der Waals surface area (Å²) in [6.45, 7) is 6.12. The lowest BCUT2D eigenvalue weighted by Gasteiger charge is -2.21. The predicted octanol–water partition coefficient (Wildman–Crippen LogP) is 1.41.